The predicted octanol–water partition coefficient (Wildman–Crippen LogP) is 1.15. The molecule has 0 aliphatic heterocycles. The molecule has 0 saturated heterocycles. The number of unbranched alkanes of at least 4 members (excludes halogenated alkanes) is 1. The molecule has 0 spiro atoms. The Balaban J connectivity index is 2.68. The Morgan fingerprint density at radius 3 is 2.86 bits per heavy atom. The second-order valence-corrected chi connectivity index (χ2v) is 1.87. The van der Waals surface area contributed by atoms with E-state index in [0.29, 0.717) is 6.54 Å². The summed E-state index contributed by atoms with van der Waals surface area (Å²) in [5, 5.41) is 3.20. The molecule has 2 nitrogen and oxygen atoms in total. The molecule has 1 N–H and O–H groups in total. The Kier molecular flexibility index (Phi) is 6.35. The minimum atomic E-state index is 0.685. The van der Waals surface area contributed by atoms with Crippen LogP contribution >= 0.6 is 0 Å². The third-order valence-corrected chi connectivity index (χ3v) is 1.07. The van der Waals surface area contributed by atoms with Crippen LogP contribution in [0, 0.1) is 5.53 Å². The van der Waals surface area contributed by atoms with Crippen molar-refractivity contribution in [3.05, 3.63) is 0 Å². The molecule has 0 bridgehead atoms. The van der Waals surface area contributed by atoms with E-state index < -0.39 is 0 Å². The molecule has 0 heterocycles. The molecule has 0 saturated carbocycles. The summed E-state index contributed by atoms with van der Waals surface area (Å²) >= 11 is 2.02. The van der Waals surface area contributed by atoms with Gasteiger partial charge in [0.05, 0.1) is 0 Å². The summed E-state index contributed by atoms with van der Waals surface area (Å²) in [6.45, 7) is 0.685. The molecule has 0 radical (unpaired) electrons. The van der Waals surface area contributed by atoms with Gasteiger partial charge in [-0.2, -0.15) is 0 Å². The first kappa shape index (κ1) is 7.18. The zero-order chi connectivity index (χ0) is 5.54. The quantitative estimate of drug-likeness (QED) is 0.338. The first-order chi connectivity index (χ1) is 3.41. The molecular formula is C4H8N2Ti+. The van der Waals surface area contributed by atoms with Crippen molar-refractivity contribution in [2.24, 2.45) is 5.11 Å². The van der Waals surface area contributed by atoms with Crippen molar-refractivity contribution in [2.45, 2.75) is 12.8 Å². The average molecular weight is 132 g/mol. The summed E-state index contributed by atoms with van der Waals surface area (Å²) in [6, 6.07) is 0. The summed E-state index contributed by atoms with van der Waals surface area (Å²) in [5.74, 6) is 0. The van der Waals surface area contributed by atoms with Gasteiger partial charge < -0.3 is 0 Å². The number of nitrogens with one attached hydrogen (secondary N) is 1. The SMILES string of the molecule is N=NCCC[CH]=[Ti+]. The Bertz CT molecular complexity index is 54.7. The Hall–Kier alpha value is 0.184. The van der Waals surface area contributed by atoms with Crippen LogP contribution in [0.2, 0.25) is 0 Å². The summed E-state index contributed by atoms with van der Waals surface area (Å²) in [6.07, 6.45) is 2.11. The van der Waals surface area contributed by atoms with Gasteiger partial charge in [0.1, 0.15) is 0 Å². The van der Waals surface area contributed by atoms with E-state index in [1.165, 1.54) is 0 Å². The fraction of sp³-hybridized carbons (Fsp3) is 0.750. The van der Waals surface area contributed by atoms with Gasteiger partial charge in [-0.05, 0) is 0 Å². The molecule has 0 unspecified atom stereocenters. The second kappa shape index (κ2) is 6.18. The van der Waals surface area contributed by atoms with Crippen LogP contribution in [0.15, 0.2) is 5.11 Å². The first-order valence-electron chi connectivity index (χ1n) is 2.24. The number of hydrogen-bond acceptors (Lipinski definition) is 2. The zero-order valence-corrected chi connectivity index (χ0v) is 5.71. The van der Waals surface area contributed by atoms with Crippen LogP contribution in [-0.2, 0) is 20.0 Å². The molecule has 0 rings (SSSR count). The van der Waals surface area contributed by atoms with E-state index in [-0.39, 0.29) is 0 Å². The fourth-order valence-corrected chi connectivity index (χ4v) is 0.591. The Morgan fingerprint density at radius 2 is 2.43 bits per heavy atom. The normalized spacial score (nSPS) is 8.29. The fourth-order valence-electron chi connectivity index (χ4n) is 0.272. The first-order valence-corrected chi connectivity index (χ1v) is 3.14. The van der Waals surface area contributed by atoms with Crippen LogP contribution < -0.4 is 0 Å². The summed E-state index contributed by atoms with van der Waals surface area (Å²) in [7, 11) is 0. The van der Waals surface area contributed by atoms with Crippen molar-refractivity contribution >= 4 is 4.31 Å². The van der Waals surface area contributed by atoms with Gasteiger partial charge in [0.25, 0.3) is 0 Å². The molecule has 0 fully saturated rings. The molecule has 0 aliphatic rings. The topological polar surface area (TPSA) is 36.2 Å². The molecule has 0 aromatic carbocycles. The number of rotatable bonds is 4. The third-order valence-electron chi connectivity index (χ3n) is 0.618. The van der Waals surface area contributed by atoms with Crippen LogP contribution in [0.3, 0.4) is 0 Å². The maximum absolute atomic E-state index is 6.39. The number of nitrogens with zero attached hydrogens (tertiary/aromatic N) is 1. The summed E-state index contributed by atoms with van der Waals surface area (Å²) < 4.78 is 2.09. The van der Waals surface area contributed by atoms with Gasteiger partial charge in [0.2, 0.25) is 0 Å². The molecule has 0 aliphatic carbocycles. The van der Waals surface area contributed by atoms with Crippen molar-refractivity contribution in [1.82, 2.24) is 0 Å². The van der Waals surface area contributed by atoms with Crippen molar-refractivity contribution in [1.29, 1.82) is 5.53 Å². The van der Waals surface area contributed by atoms with E-state index in [2.05, 4.69) is 9.43 Å². The van der Waals surface area contributed by atoms with E-state index in [4.69, 9.17) is 5.53 Å². The molecule has 37 valence electrons. The standard InChI is InChI=1S/C4H8N2.Ti/c1-2-3-4-6-5;/h1,5H,2-4H2;/q;+1. The van der Waals surface area contributed by atoms with Gasteiger partial charge in [0, 0.05) is 0 Å². The van der Waals surface area contributed by atoms with E-state index in [0.717, 1.165) is 12.8 Å². The monoisotopic (exact) mass is 132 g/mol. The van der Waals surface area contributed by atoms with Crippen LogP contribution in [0.1, 0.15) is 12.8 Å². The Morgan fingerprint density at radius 1 is 1.71 bits per heavy atom. The van der Waals surface area contributed by atoms with Crippen LogP contribution in [-0.4, -0.2) is 10.9 Å². The maximum atomic E-state index is 6.39. The van der Waals surface area contributed by atoms with Gasteiger partial charge in [-0.25, -0.2) is 0 Å². The molecule has 0 aromatic rings. The molecule has 0 aromatic heterocycles. The van der Waals surface area contributed by atoms with E-state index in [1.807, 2.05) is 20.0 Å². The summed E-state index contributed by atoms with van der Waals surface area (Å²) in [5.41, 5.74) is 6.39. The van der Waals surface area contributed by atoms with E-state index in [1.54, 1.807) is 0 Å². The second-order valence-electron chi connectivity index (χ2n) is 1.23. The van der Waals surface area contributed by atoms with E-state index in [9.17, 15) is 0 Å². The van der Waals surface area contributed by atoms with Crippen molar-refractivity contribution in [3.63, 3.8) is 0 Å². The van der Waals surface area contributed by atoms with Crippen molar-refractivity contribution in [3.8, 4) is 0 Å². The molecule has 3 heteroatoms. The summed E-state index contributed by atoms with van der Waals surface area (Å²) in [4.78, 5) is 0. The average Bonchev–Trinajstić information content (AvgIpc) is 1.69. The minimum absolute atomic E-state index is 0.685. The van der Waals surface area contributed by atoms with Crippen LogP contribution in [0.25, 0.3) is 0 Å². The van der Waals surface area contributed by atoms with Gasteiger partial charge in [-0.1, -0.05) is 0 Å². The molecule has 0 amide bonds. The third kappa shape index (κ3) is 6.18. The van der Waals surface area contributed by atoms with E-state index >= 15 is 0 Å². The zero-order valence-electron chi connectivity index (χ0n) is 4.15. The predicted molar refractivity (Wildman–Crippen MR) is 25.3 cm³/mol. The van der Waals surface area contributed by atoms with Gasteiger partial charge >= 0.3 is 54.3 Å². The molecule has 0 atom stereocenters. The van der Waals surface area contributed by atoms with Gasteiger partial charge in [-0.3, -0.25) is 0 Å². The van der Waals surface area contributed by atoms with Gasteiger partial charge in [-0.15, -0.1) is 0 Å². The molecular weight excluding hydrogens is 124 g/mol. The number of hydrogen-bond donors (Lipinski definition) is 1. The van der Waals surface area contributed by atoms with Crippen molar-refractivity contribution < 1.29 is 20.0 Å². The molecule has 7 heavy (non-hydrogen) atoms. The van der Waals surface area contributed by atoms with Crippen LogP contribution in [0.5, 0.6) is 0 Å². The van der Waals surface area contributed by atoms with Crippen molar-refractivity contribution in [2.75, 3.05) is 6.54 Å². The Labute approximate surface area is 54.7 Å². The van der Waals surface area contributed by atoms with Gasteiger partial charge in [0.15, 0.2) is 0 Å². The van der Waals surface area contributed by atoms with Crippen LogP contribution in [0.4, 0.5) is 0 Å².